The van der Waals surface area contributed by atoms with Gasteiger partial charge in [0, 0.05) is 53.1 Å². The molecule has 0 unspecified atom stereocenters. The molecule has 0 N–H and O–H groups in total. The summed E-state index contributed by atoms with van der Waals surface area (Å²) >= 11 is 1.87. The van der Waals surface area contributed by atoms with Gasteiger partial charge in [0.2, 0.25) is 0 Å². The molecule has 9 aromatic carbocycles. The maximum Gasteiger partial charge on any atom is 0.188 e. The predicted molar refractivity (Wildman–Crippen MR) is 251 cm³/mol. The average molecular weight is 768 g/mol. The Hall–Kier alpha value is -7.71. The van der Waals surface area contributed by atoms with E-state index in [1.54, 1.807) is 0 Å². The molecule has 0 aliphatic carbocycles. The lowest BCUT2D eigenvalue weighted by Gasteiger charge is -2.11. The summed E-state index contributed by atoms with van der Waals surface area (Å²) in [6.07, 6.45) is 0. The number of nitrogens with zero attached hydrogens (tertiary/aromatic N) is 3. The van der Waals surface area contributed by atoms with Crippen LogP contribution in [0.3, 0.4) is 0 Å². The molecule has 0 saturated carbocycles. The summed E-state index contributed by atoms with van der Waals surface area (Å²) in [6.45, 7) is 8.13. The zero-order valence-corrected chi connectivity index (χ0v) is 32.6. The Morgan fingerprint density at radius 2 is 0.898 bits per heavy atom. The monoisotopic (exact) mass is 767 g/mol. The minimum Gasteiger partial charge on any atom is -0.309 e. The highest BCUT2D eigenvalue weighted by Gasteiger charge is 2.18. The number of fused-ring (bicyclic) bond motifs is 9. The van der Waals surface area contributed by atoms with E-state index < -0.39 is 0 Å². The molecule has 3 aromatic heterocycles. The quantitative estimate of drug-likeness (QED) is 0.155. The summed E-state index contributed by atoms with van der Waals surface area (Å²) in [5, 5.41) is 7.38. The zero-order chi connectivity index (χ0) is 39.0. The fourth-order valence-corrected chi connectivity index (χ4v) is 10.5. The normalized spacial score (nSPS) is 11.7. The minimum atomic E-state index is 0.621. The number of para-hydroxylation sites is 3. The molecule has 59 heavy (non-hydrogen) atoms. The Labute approximate surface area is 344 Å². The van der Waals surface area contributed by atoms with Crippen LogP contribution >= 0.6 is 11.3 Å². The lowest BCUT2D eigenvalue weighted by atomic mass is 9.96. The highest BCUT2D eigenvalue weighted by Crippen LogP contribution is 2.43. The molecule has 3 nitrogen and oxygen atoms in total. The standard InChI is InChI=1S/C55H33N3S/c1-56-40-30-38(35-24-27-51-48(32-35)44-17-8-10-21-50(44)57(51)41-13-4-2-5-14-41)29-39(31-40)36-25-28-52-49(33-36)45-26-23-37(34-53(45)58(52)42-15-6-3-7-16-42)43-19-12-20-47-46-18-9-11-22-54(46)59-55(43)47/h2-34H. The van der Waals surface area contributed by atoms with Gasteiger partial charge in [0.15, 0.2) is 5.69 Å². The first-order chi connectivity index (χ1) is 29.2. The van der Waals surface area contributed by atoms with E-state index in [2.05, 4.69) is 202 Å². The Kier molecular flexibility index (Phi) is 7.47. The second-order valence-corrected chi connectivity index (χ2v) is 16.3. The molecule has 0 amide bonds. The smallest absolute Gasteiger partial charge is 0.188 e. The maximum absolute atomic E-state index is 8.13. The van der Waals surface area contributed by atoms with Gasteiger partial charge in [-0.3, -0.25) is 0 Å². The van der Waals surface area contributed by atoms with E-state index in [1.807, 2.05) is 23.5 Å². The van der Waals surface area contributed by atoms with Crippen LogP contribution in [0.1, 0.15) is 0 Å². The third kappa shape index (κ3) is 5.26. The van der Waals surface area contributed by atoms with Crippen molar-refractivity contribution in [2.24, 2.45) is 0 Å². The summed E-state index contributed by atoms with van der Waals surface area (Å²) < 4.78 is 7.35. The predicted octanol–water partition coefficient (Wildman–Crippen LogP) is 15.8. The number of hydrogen-bond donors (Lipinski definition) is 0. The van der Waals surface area contributed by atoms with E-state index in [0.29, 0.717) is 5.69 Å². The van der Waals surface area contributed by atoms with E-state index in [1.165, 1.54) is 58.4 Å². The Morgan fingerprint density at radius 1 is 0.356 bits per heavy atom. The molecule has 0 fully saturated rings. The van der Waals surface area contributed by atoms with Gasteiger partial charge >= 0.3 is 0 Å². The van der Waals surface area contributed by atoms with Crippen LogP contribution in [0.2, 0.25) is 0 Å². The minimum absolute atomic E-state index is 0.621. The maximum atomic E-state index is 8.13. The molecular formula is C55H33N3S. The summed E-state index contributed by atoms with van der Waals surface area (Å²) in [6, 6.07) is 71.9. The van der Waals surface area contributed by atoms with Gasteiger partial charge in [-0.2, -0.15) is 0 Å². The van der Waals surface area contributed by atoms with Gasteiger partial charge in [-0.25, -0.2) is 4.85 Å². The molecule has 4 heteroatoms. The van der Waals surface area contributed by atoms with Crippen molar-refractivity contribution in [1.82, 2.24) is 9.13 Å². The van der Waals surface area contributed by atoms with Crippen molar-refractivity contribution in [2.75, 3.05) is 0 Å². The largest absolute Gasteiger partial charge is 0.309 e. The van der Waals surface area contributed by atoms with E-state index in [0.717, 1.165) is 50.2 Å². The lowest BCUT2D eigenvalue weighted by molar-refractivity contribution is 1.18. The van der Waals surface area contributed by atoms with Gasteiger partial charge in [-0.1, -0.05) is 115 Å². The van der Waals surface area contributed by atoms with Gasteiger partial charge < -0.3 is 9.13 Å². The summed E-state index contributed by atoms with van der Waals surface area (Å²) in [4.78, 5) is 3.97. The summed E-state index contributed by atoms with van der Waals surface area (Å²) in [5.41, 5.74) is 14.2. The molecule has 0 aliphatic rings. The second-order valence-electron chi connectivity index (χ2n) is 15.2. The van der Waals surface area contributed by atoms with Crippen molar-refractivity contribution in [2.45, 2.75) is 0 Å². The van der Waals surface area contributed by atoms with Crippen molar-refractivity contribution >= 4 is 80.8 Å². The van der Waals surface area contributed by atoms with Gasteiger partial charge in [0.25, 0.3) is 0 Å². The van der Waals surface area contributed by atoms with Crippen LogP contribution in [0.4, 0.5) is 5.69 Å². The number of thiophene rings is 1. The third-order valence-electron chi connectivity index (χ3n) is 11.9. The van der Waals surface area contributed by atoms with Crippen LogP contribution in [-0.2, 0) is 0 Å². The molecular weight excluding hydrogens is 735 g/mol. The van der Waals surface area contributed by atoms with E-state index >= 15 is 0 Å². The first-order valence-electron chi connectivity index (χ1n) is 19.9. The molecule has 0 saturated heterocycles. The number of benzene rings is 9. The fourth-order valence-electron chi connectivity index (χ4n) is 9.21. The highest BCUT2D eigenvalue weighted by molar-refractivity contribution is 7.26. The highest BCUT2D eigenvalue weighted by atomic mass is 32.1. The van der Waals surface area contributed by atoms with Gasteiger partial charge in [-0.05, 0) is 118 Å². The Bertz CT molecular complexity index is 3670. The van der Waals surface area contributed by atoms with Crippen LogP contribution in [0.25, 0.3) is 113 Å². The lowest BCUT2D eigenvalue weighted by Crippen LogP contribution is -1.93. The van der Waals surface area contributed by atoms with Crippen molar-refractivity contribution in [3.63, 3.8) is 0 Å². The number of hydrogen-bond acceptors (Lipinski definition) is 1. The molecule has 0 atom stereocenters. The topological polar surface area (TPSA) is 14.2 Å². The number of aromatic nitrogens is 2. The van der Waals surface area contributed by atoms with Gasteiger partial charge in [-0.15, -0.1) is 11.3 Å². The average Bonchev–Trinajstić information content (AvgIpc) is 3.96. The summed E-state index contributed by atoms with van der Waals surface area (Å²) in [5.74, 6) is 0. The van der Waals surface area contributed by atoms with E-state index in [-0.39, 0.29) is 0 Å². The fraction of sp³-hybridized carbons (Fsp3) is 0. The molecule has 0 aliphatic heterocycles. The molecule has 3 heterocycles. The zero-order valence-electron chi connectivity index (χ0n) is 31.8. The molecule has 0 radical (unpaired) electrons. The van der Waals surface area contributed by atoms with Crippen LogP contribution < -0.4 is 0 Å². The first kappa shape index (κ1) is 33.4. The SMILES string of the molecule is [C-]#[N+]c1cc(-c2ccc3c(c2)c2ccccc2n3-c2ccccc2)cc(-c2ccc3c(c2)c2ccc(-c4cccc5c4sc4ccccc45)cc2n3-c2ccccc2)c1. The molecule has 0 spiro atoms. The van der Waals surface area contributed by atoms with Crippen molar-refractivity contribution in [3.05, 3.63) is 212 Å². The van der Waals surface area contributed by atoms with Crippen LogP contribution in [0.15, 0.2) is 200 Å². The van der Waals surface area contributed by atoms with E-state index in [9.17, 15) is 0 Å². The van der Waals surface area contributed by atoms with Crippen LogP contribution in [-0.4, -0.2) is 9.13 Å². The second kappa shape index (κ2) is 13.2. The van der Waals surface area contributed by atoms with Gasteiger partial charge in [0.1, 0.15) is 0 Å². The molecule has 12 aromatic rings. The van der Waals surface area contributed by atoms with Crippen molar-refractivity contribution < 1.29 is 0 Å². The Balaban J connectivity index is 1.02. The molecule has 12 rings (SSSR count). The van der Waals surface area contributed by atoms with Crippen molar-refractivity contribution in [3.8, 4) is 44.8 Å². The third-order valence-corrected chi connectivity index (χ3v) is 13.1. The van der Waals surface area contributed by atoms with Crippen molar-refractivity contribution in [1.29, 1.82) is 0 Å². The van der Waals surface area contributed by atoms with Crippen LogP contribution in [0.5, 0.6) is 0 Å². The first-order valence-corrected chi connectivity index (χ1v) is 20.7. The summed E-state index contributed by atoms with van der Waals surface area (Å²) in [7, 11) is 0. The molecule has 0 bridgehead atoms. The number of rotatable bonds is 5. The van der Waals surface area contributed by atoms with Gasteiger partial charge in [0.05, 0.1) is 28.6 Å². The van der Waals surface area contributed by atoms with E-state index in [4.69, 9.17) is 6.57 Å². The molecule has 274 valence electrons. The van der Waals surface area contributed by atoms with Crippen LogP contribution in [0, 0.1) is 6.57 Å². The Morgan fingerprint density at radius 3 is 1.58 bits per heavy atom.